The Bertz CT molecular complexity index is 1250. The highest BCUT2D eigenvalue weighted by Crippen LogP contribution is 2.34. The fraction of sp³-hybridized carbons (Fsp3) is 0.286. The fourth-order valence-electron chi connectivity index (χ4n) is 2.95. The molecule has 0 saturated heterocycles. The van der Waals surface area contributed by atoms with Crippen LogP contribution in [0.2, 0.25) is 0 Å². The van der Waals surface area contributed by atoms with Crippen LogP contribution in [-0.2, 0) is 22.0 Å². The number of ether oxygens (including phenoxy) is 2. The van der Waals surface area contributed by atoms with Gasteiger partial charge in [0.1, 0.15) is 5.01 Å². The van der Waals surface area contributed by atoms with Crippen molar-refractivity contribution in [1.82, 2.24) is 14.9 Å². The molecule has 2 heterocycles. The van der Waals surface area contributed by atoms with E-state index in [1.165, 1.54) is 0 Å². The lowest BCUT2D eigenvalue weighted by Crippen LogP contribution is -2.23. The number of carbonyl (C=O) groups is 1. The third-order valence-electron chi connectivity index (χ3n) is 4.74. The zero-order valence-electron chi connectivity index (χ0n) is 17.7. The van der Waals surface area contributed by atoms with Crippen LogP contribution in [0.5, 0.6) is 11.5 Å². The maximum Gasteiger partial charge on any atom is 0.286 e. The number of sulfonamides is 1. The first kappa shape index (κ1) is 22.2. The number of nitrogens with zero attached hydrogens (tertiary/aromatic N) is 2. The van der Waals surface area contributed by atoms with Gasteiger partial charge in [-0.15, -0.1) is 10.2 Å². The number of hydrogen-bond donors (Lipinski definition) is 2. The van der Waals surface area contributed by atoms with Crippen molar-refractivity contribution in [2.45, 2.75) is 37.6 Å². The van der Waals surface area contributed by atoms with E-state index in [0.29, 0.717) is 22.2 Å². The van der Waals surface area contributed by atoms with E-state index in [9.17, 15) is 13.2 Å². The van der Waals surface area contributed by atoms with Crippen LogP contribution in [-0.4, -0.2) is 31.3 Å². The summed E-state index contributed by atoms with van der Waals surface area (Å²) in [5.74, 6) is 0.709. The first-order valence-corrected chi connectivity index (χ1v) is 12.1. The van der Waals surface area contributed by atoms with Crippen molar-refractivity contribution in [2.75, 3.05) is 12.1 Å². The second-order valence-electron chi connectivity index (χ2n) is 8.12. The Morgan fingerprint density at radius 3 is 2.50 bits per heavy atom. The normalized spacial score (nSPS) is 13.2. The molecule has 3 aromatic rings. The number of amides is 1. The third kappa shape index (κ3) is 4.90. The standard InChI is InChI=1S/C21H22N4O5S2/c1-21(2,3)13-4-7-15(8-5-13)32(27,28)22-11-18-24-25-20(31-18)19(26)23-14-6-9-16-17(10-14)30-12-29-16/h4-10,22H,11-12H2,1-3H3,(H,23,26). The molecule has 1 aromatic heterocycles. The Labute approximate surface area is 189 Å². The van der Waals surface area contributed by atoms with Crippen molar-refractivity contribution >= 4 is 33.0 Å². The van der Waals surface area contributed by atoms with E-state index >= 15 is 0 Å². The first-order chi connectivity index (χ1) is 15.1. The maximum absolute atomic E-state index is 12.6. The van der Waals surface area contributed by atoms with Gasteiger partial charge in [-0.1, -0.05) is 44.2 Å². The van der Waals surface area contributed by atoms with Gasteiger partial charge >= 0.3 is 0 Å². The smallest absolute Gasteiger partial charge is 0.286 e. The molecular formula is C21H22N4O5S2. The van der Waals surface area contributed by atoms with Crippen LogP contribution in [0.15, 0.2) is 47.4 Å². The van der Waals surface area contributed by atoms with Crippen LogP contribution < -0.4 is 19.5 Å². The van der Waals surface area contributed by atoms with E-state index in [4.69, 9.17) is 9.47 Å². The summed E-state index contributed by atoms with van der Waals surface area (Å²) < 4.78 is 38.2. The number of rotatable bonds is 6. The Balaban J connectivity index is 1.38. The predicted molar refractivity (Wildman–Crippen MR) is 120 cm³/mol. The zero-order valence-corrected chi connectivity index (χ0v) is 19.3. The van der Waals surface area contributed by atoms with Gasteiger partial charge in [0.05, 0.1) is 11.4 Å². The molecule has 1 amide bonds. The third-order valence-corrected chi connectivity index (χ3v) is 7.07. The summed E-state index contributed by atoms with van der Waals surface area (Å²) in [5, 5.41) is 11.0. The molecule has 0 radical (unpaired) electrons. The molecule has 2 aromatic carbocycles. The minimum absolute atomic E-state index is 0.0696. The summed E-state index contributed by atoms with van der Waals surface area (Å²) in [4.78, 5) is 12.6. The molecule has 0 aliphatic carbocycles. The van der Waals surface area contributed by atoms with Crippen LogP contribution in [0.4, 0.5) is 5.69 Å². The lowest BCUT2D eigenvalue weighted by molar-refractivity contribution is 0.102. The second-order valence-corrected chi connectivity index (χ2v) is 11.0. The van der Waals surface area contributed by atoms with Crippen molar-refractivity contribution in [3.8, 4) is 11.5 Å². The minimum atomic E-state index is -3.72. The molecular weight excluding hydrogens is 452 g/mol. The molecule has 168 valence electrons. The molecule has 0 atom stereocenters. The topological polar surface area (TPSA) is 120 Å². The van der Waals surface area contributed by atoms with Gasteiger partial charge in [-0.2, -0.15) is 0 Å². The van der Waals surface area contributed by atoms with E-state index in [-0.39, 0.29) is 28.7 Å². The molecule has 0 fully saturated rings. The lowest BCUT2D eigenvalue weighted by atomic mass is 9.87. The number of aromatic nitrogens is 2. The van der Waals surface area contributed by atoms with Gasteiger partial charge in [0.15, 0.2) is 11.5 Å². The van der Waals surface area contributed by atoms with Crippen LogP contribution in [0.1, 0.15) is 41.1 Å². The number of carbonyl (C=O) groups excluding carboxylic acids is 1. The molecule has 2 N–H and O–H groups in total. The van der Waals surface area contributed by atoms with Crippen molar-refractivity contribution in [2.24, 2.45) is 0 Å². The average Bonchev–Trinajstić information content (AvgIpc) is 3.41. The van der Waals surface area contributed by atoms with Gasteiger partial charge < -0.3 is 14.8 Å². The Kier molecular flexibility index (Phi) is 5.89. The van der Waals surface area contributed by atoms with Crippen molar-refractivity contribution in [3.05, 3.63) is 58.0 Å². The average molecular weight is 475 g/mol. The summed E-state index contributed by atoms with van der Waals surface area (Å²) >= 11 is 1.01. The van der Waals surface area contributed by atoms with E-state index in [0.717, 1.165) is 16.9 Å². The summed E-state index contributed by atoms with van der Waals surface area (Å²) in [7, 11) is -3.72. The summed E-state index contributed by atoms with van der Waals surface area (Å²) in [6.45, 7) is 6.25. The highest BCUT2D eigenvalue weighted by Gasteiger charge is 2.20. The molecule has 11 heteroatoms. The van der Waals surface area contributed by atoms with E-state index < -0.39 is 15.9 Å². The van der Waals surface area contributed by atoms with E-state index in [2.05, 4.69) is 41.0 Å². The highest BCUT2D eigenvalue weighted by molar-refractivity contribution is 7.89. The fourth-order valence-corrected chi connectivity index (χ4v) is 4.70. The second kappa shape index (κ2) is 8.49. The van der Waals surface area contributed by atoms with Crippen molar-refractivity contribution < 1.29 is 22.7 Å². The maximum atomic E-state index is 12.6. The zero-order chi connectivity index (χ0) is 22.9. The Hall–Kier alpha value is -3.02. The Morgan fingerprint density at radius 1 is 1.06 bits per heavy atom. The largest absolute Gasteiger partial charge is 0.454 e. The van der Waals surface area contributed by atoms with Crippen molar-refractivity contribution in [1.29, 1.82) is 0 Å². The summed E-state index contributed by atoms with van der Waals surface area (Å²) in [6, 6.07) is 11.8. The number of benzene rings is 2. The molecule has 32 heavy (non-hydrogen) atoms. The molecule has 4 rings (SSSR count). The number of hydrogen-bond acceptors (Lipinski definition) is 8. The predicted octanol–water partition coefficient (Wildman–Crippen LogP) is 3.30. The van der Waals surface area contributed by atoms with Gasteiger partial charge in [0.25, 0.3) is 5.91 Å². The van der Waals surface area contributed by atoms with Crippen LogP contribution in [0, 0.1) is 0 Å². The van der Waals surface area contributed by atoms with Crippen molar-refractivity contribution in [3.63, 3.8) is 0 Å². The molecule has 0 unspecified atom stereocenters. The lowest BCUT2D eigenvalue weighted by Gasteiger charge is -2.19. The molecule has 1 aliphatic heterocycles. The monoisotopic (exact) mass is 474 g/mol. The number of fused-ring (bicyclic) bond motifs is 1. The van der Waals surface area contributed by atoms with Gasteiger partial charge in [-0.25, -0.2) is 13.1 Å². The molecule has 0 spiro atoms. The molecule has 0 bridgehead atoms. The molecule has 0 saturated carbocycles. The Morgan fingerprint density at radius 2 is 1.78 bits per heavy atom. The molecule has 1 aliphatic rings. The van der Waals surface area contributed by atoms with E-state index in [1.54, 1.807) is 42.5 Å². The van der Waals surface area contributed by atoms with E-state index in [1.807, 2.05) is 0 Å². The van der Waals surface area contributed by atoms with Gasteiger partial charge in [-0.05, 0) is 35.2 Å². The number of anilines is 1. The van der Waals surface area contributed by atoms with Crippen LogP contribution in [0.3, 0.4) is 0 Å². The summed E-state index contributed by atoms with van der Waals surface area (Å²) in [5.41, 5.74) is 1.49. The highest BCUT2D eigenvalue weighted by atomic mass is 32.2. The van der Waals surface area contributed by atoms with Gasteiger partial charge in [0, 0.05) is 11.8 Å². The molecule has 9 nitrogen and oxygen atoms in total. The first-order valence-electron chi connectivity index (χ1n) is 9.75. The quantitative estimate of drug-likeness (QED) is 0.562. The van der Waals surface area contributed by atoms with Crippen LogP contribution in [0.25, 0.3) is 0 Å². The van der Waals surface area contributed by atoms with Gasteiger partial charge in [0.2, 0.25) is 21.8 Å². The minimum Gasteiger partial charge on any atom is -0.454 e. The number of nitrogens with one attached hydrogen (secondary N) is 2. The van der Waals surface area contributed by atoms with Gasteiger partial charge in [-0.3, -0.25) is 4.79 Å². The SMILES string of the molecule is CC(C)(C)c1ccc(S(=O)(=O)NCc2nnc(C(=O)Nc3ccc4c(c3)OCO4)s2)cc1. The van der Waals surface area contributed by atoms with Crippen LogP contribution >= 0.6 is 11.3 Å². The summed E-state index contributed by atoms with van der Waals surface area (Å²) in [6.07, 6.45) is 0.